The third-order valence-corrected chi connectivity index (χ3v) is 7.43. The van der Waals surface area contributed by atoms with Gasteiger partial charge in [0, 0.05) is 7.11 Å². The molecule has 2 aromatic rings. The maximum Gasteiger partial charge on any atom is 0.336 e. The van der Waals surface area contributed by atoms with E-state index in [9.17, 15) is 4.79 Å². The molecular formula is C30H42O3. The Hall–Kier alpha value is -2.39. The highest BCUT2D eigenvalue weighted by Gasteiger charge is 2.24. The Morgan fingerprint density at radius 1 is 0.667 bits per heavy atom. The lowest BCUT2D eigenvalue weighted by Gasteiger charge is -2.27. The van der Waals surface area contributed by atoms with E-state index in [1.807, 2.05) is 0 Å². The van der Waals surface area contributed by atoms with Crippen LogP contribution in [0.2, 0.25) is 0 Å². The van der Waals surface area contributed by atoms with Gasteiger partial charge in [0.15, 0.2) is 0 Å². The van der Waals surface area contributed by atoms with Crippen LogP contribution in [0.5, 0.6) is 0 Å². The summed E-state index contributed by atoms with van der Waals surface area (Å²) in [6, 6.07) is 0. The van der Waals surface area contributed by atoms with Crippen molar-refractivity contribution in [3.05, 3.63) is 67.8 Å². The van der Waals surface area contributed by atoms with Crippen molar-refractivity contribution in [2.45, 2.75) is 88.2 Å². The van der Waals surface area contributed by atoms with Crippen LogP contribution in [0, 0.1) is 41.5 Å². The fraction of sp³-hybridized carbons (Fsp3) is 0.500. The lowest BCUT2D eigenvalue weighted by atomic mass is 9.78. The summed E-state index contributed by atoms with van der Waals surface area (Å²) in [7, 11) is 1.55. The minimum absolute atomic E-state index is 0.178. The van der Waals surface area contributed by atoms with Crippen LogP contribution in [0.15, 0.2) is 12.2 Å². The third-order valence-electron chi connectivity index (χ3n) is 7.43. The summed E-state index contributed by atoms with van der Waals surface area (Å²) < 4.78 is 10.7. The summed E-state index contributed by atoms with van der Waals surface area (Å²) >= 11 is 0. The number of carbonyl (C=O) groups is 1. The number of carbonyl (C=O) groups excluding carboxylic acids is 1. The summed E-state index contributed by atoms with van der Waals surface area (Å²) in [6.45, 7) is 24.3. The molecule has 0 spiro atoms. The average Bonchev–Trinajstić information content (AvgIpc) is 2.79. The van der Waals surface area contributed by atoms with E-state index in [1.165, 1.54) is 61.2 Å². The molecule has 0 bridgehead atoms. The molecule has 0 aliphatic heterocycles. The summed E-state index contributed by atoms with van der Waals surface area (Å²) in [4.78, 5) is 12.4. The topological polar surface area (TPSA) is 35.5 Å². The van der Waals surface area contributed by atoms with Gasteiger partial charge in [-0.2, -0.15) is 0 Å². The van der Waals surface area contributed by atoms with Crippen molar-refractivity contribution in [1.29, 1.82) is 0 Å². The monoisotopic (exact) mass is 450 g/mol. The van der Waals surface area contributed by atoms with E-state index in [1.54, 1.807) is 7.11 Å². The molecule has 180 valence electrons. The predicted molar refractivity (Wildman–Crippen MR) is 139 cm³/mol. The summed E-state index contributed by atoms with van der Waals surface area (Å²) in [5, 5.41) is 0. The number of methoxy groups -OCH3 is 1. The molecule has 0 amide bonds. The Morgan fingerprint density at radius 3 is 1.48 bits per heavy atom. The molecule has 0 heterocycles. The molecule has 0 aliphatic carbocycles. The normalized spacial score (nSPS) is 11.1. The van der Waals surface area contributed by atoms with E-state index >= 15 is 0 Å². The minimum Gasteiger partial charge on any atom is -0.457 e. The van der Waals surface area contributed by atoms with Gasteiger partial charge in [-0.05, 0) is 128 Å². The molecule has 0 atom stereocenters. The van der Waals surface area contributed by atoms with Gasteiger partial charge >= 0.3 is 5.97 Å². The molecule has 0 radical (unpaired) electrons. The molecule has 2 aromatic carbocycles. The molecule has 33 heavy (non-hydrogen) atoms. The molecule has 0 aromatic heterocycles. The quantitative estimate of drug-likeness (QED) is 0.301. The molecule has 3 heteroatoms. The zero-order valence-electron chi connectivity index (χ0n) is 22.5. The number of benzene rings is 2. The molecule has 3 nitrogen and oxygen atoms in total. The molecule has 0 saturated carbocycles. The summed E-state index contributed by atoms with van der Waals surface area (Å²) in [5.41, 5.74) is 16.3. The van der Waals surface area contributed by atoms with Gasteiger partial charge in [-0.25, -0.2) is 4.79 Å². The van der Waals surface area contributed by atoms with Crippen molar-refractivity contribution in [2.24, 2.45) is 0 Å². The van der Waals surface area contributed by atoms with Crippen molar-refractivity contribution >= 4 is 5.97 Å². The first-order chi connectivity index (χ1) is 15.6. The third kappa shape index (κ3) is 4.94. The maximum atomic E-state index is 12.4. The van der Waals surface area contributed by atoms with Gasteiger partial charge in [0.2, 0.25) is 0 Å². The van der Waals surface area contributed by atoms with Gasteiger partial charge in [0.1, 0.15) is 6.61 Å². The summed E-state index contributed by atoms with van der Waals surface area (Å²) in [5.74, 6) is -0.401. The molecule has 0 saturated heterocycles. The number of ether oxygens (including phenoxy) is 2. The lowest BCUT2D eigenvalue weighted by molar-refractivity contribution is -0.140. The van der Waals surface area contributed by atoms with Crippen LogP contribution in [0.25, 0.3) is 11.1 Å². The highest BCUT2D eigenvalue weighted by Crippen LogP contribution is 2.41. The molecule has 0 N–H and O–H groups in total. The molecule has 0 unspecified atom stereocenters. The van der Waals surface area contributed by atoms with E-state index in [2.05, 4.69) is 68.9 Å². The van der Waals surface area contributed by atoms with Crippen molar-refractivity contribution in [3.8, 4) is 11.1 Å². The van der Waals surface area contributed by atoms with Crippen LogP contribution in [-0.4, -0.2) is 19.7 Å². The second-order valence-electron chi connectivity index (χ2n) is 9.09. The Balaban J connectivity index is 2.78. The fourth-order valence-electron chi connectivity index (χ4n) is 5.45. The smallest absolute Gasteiger partial charge is 0.336 e. The highest BCUT2D eigenvalue weighted by molar-refractivity contribution is 5.88. The van der Waals surface area contributed by atoms with Gasteiger partial charge in [0.05, 0.1) is 12.2 Å². The zero-order chi connectivity index (χ0) is 25.0. The van der Waals surface area contributed by atoms with Crippen LogP contribution in [0.4, 0.5) is 0 Å². The first kappa shape index (κ1) is 26.9. The largest absolute Gasteiger partial charge is 0.457 e. The summed E-state index contributed by atoms with van der Waals surface area (Å²) in [6.07, 6.45) is 2.97. The maximum absolute atomic E-state index is 12.4. The van der Waals surface area contributed by atoms with Gasteiger partial charge in [-0.1, -0.05) is 27.4 Å². The van der Waals surface area contributed by atoms with Gasteiger partial charge in [0.25, 0.3) is 0 Å². The van der Waals surface area contributed by atoms with Crippen LogP contribution < -0.4 is 0 Å². The van der Waals surface area contributed by atoms with Crippen molar-refractivity contribution in [1.82, 2.24) is 0 Å². The lowest BCUT2D eigenvalue weighted by Crippen LogP contribution is -2.14. The fourth-order valence-corrected chi connectivity index (χ4v) is 5.45. The van der Waals surface area contributed by atoms with Crippen molar-refractivity contribution in [2.75, 3.05) is 13.7 Å². The number of rotatable bonds is 9. The van der Waals surface area contributed by atoms with Crippen molar-refractivity contribution < 1.29 is 14.3 Å². The standard InChI is InChI=1S/C30H42O3/c1-12-24-18(5)20(7)28(22(9)26(24)14-3)29-21(8)19(6)25(13-2)27(23(29)10)16-33-30(31)17(4)15-32-11/h4,12-16H2,1-3,5-11H3. The van der Waals surface area contributed by atoms with E-state index in [0.29, 0.717) is 5.57 Å². The Kier molecular flexibility index (Phi) is 9.08. The number of hydrogen-bond donors (Lipinski definition) is 0. The second-order valence-corrected chi connectivity index (χ2v) is 9.09. The van der Waals surface area contributed by atoms with Crippen LogP contribution in [0.1, 0.15) is 76.4 Å². The average molecular weight is 451 g/mol. The van der Waals surface area contributed by atoms with E-state index in [0.717, 1.165) is 24.8 Å². The molecule has 2 rings (SSSR count). The predicted octanol–water partition coefficient (Wildman–Crippen LogP) is 7.14. The number of hydrogen-bond acceptors (Lipinski definition) is 3. The zero-order valence-corrected chi connectivity index (χ0v) is 22.5. The molecule has 0 aliphatic rings. The van der Waals surface area contributed by atoms with Crippen LogP contribution >= 0.6 is 0 Å². The van der Waals surface area contributed by atoms with Crippen LogP contribution in [0.3, 0.4) is 0 Å². The molecular weight excluding hydrogens is 408 g/mol. The Labute approximate surface area is 201 Å². The van der Waals surface area contributed by atoms with Crippen molar-refractivity contribution in [3.63, 3.8) is 0 Å². The van der Waals surface area contributed by atoms with E-state index in [4.69, 9.17) is 9.47 Å². The number of esters is 1. The van der Waals surface area contributed by atoms with E-state index in [-0.39, 0.29) is 13.2 Å². The van der Waals surface area contributed by atoms with Crippen LogP contribution in [-0.2, 0) is 40.1 Å². The van der Waals surface area contributed by atoms with Gasteiger partial charge in [-0.3, -0.25) is 0 Å². The molecule has 0 fully saturated rings. The van der Waals surface area contributed by atoms with Gasteiger partial charge < -0.3 is 9.47 Å². The second kappa shape index (κ2) is 11.2. The van der Waals surface area contributed by atoms with E-state index < -0.39 is 5.97 Å². The first-order valence-corrected chi connectivity index (χ1v) is 12.1. The SMILES string of the molecule is C=C(COC)C(=O)OCc1c(C)c(-c2c(C)c(C)c(CC)c(CC)c2C)c(C)c(C)c1CC. The first-order valence-electron chi connectivity index (χ1n) is 12.1. The van der Waals surface area contributed by atoms with Gasteiger partial charge in [-0.15, -0.1) is 0 Å². The highest BCUT2D eigenvalue weighted by atomic mass is 16.5. The Morgan fingerprint density at radius 2 is 1.06 bits per heavy atom. The minimum atomic E-state index is -0.401. The Bertz CT molecular complexity index is 1070.